The monoisotopic (exact) mass is 234 g/mol. The Labute approximate surface area is 101 Å². The predicted molar refractivity (Wildman–Crippen MR) is 67.7 cm³/mol. The zero-order valence-electron chi connectivity index (χ0n) is 9.50. The maximum absolute atomic E-state index is 6.01. The van der Waals surface area contributed by atoms with Gasteiger partial charge in [0.05, 0.1) is 11.6 Å². The summed E-state index contributed by atoms with van der Waals surface area (Å²) in [7, 11) is 0. The molecule has 3 heteroatoms. The van der Waals surface area contributed by atoms with Gasteiger partial charge in [-0.15, -0.1) is 11.6 Å². The normalized spacial score (nSPS) is 11.0. The average Bonchev–Trinajstić information content (AvgIpc) is 2.73. The number of rotatable bonds is 3. The van der Waals surface area contributed by atoms with Crippen LogP contribution in [0.2, 0.25) is 0 Å². The SMILES string of the molecule is CC(C)c1[nH]nc(-c2ccccc2)c1CCl. The molecule has 0 amide bonds. The van der Waals surface area contributed by atoms with Gasteiger partial charge in [0.25, 0.3) is 0 Å². The molecule has 0 saturated carbocycles. The van der Waals surface area contributed by atoms with Crippen molar-refractivity contribution in [2.75, 3.05) is 0 Å². The Balaban J connectivity index is 2.50. The second-order valence-corrected chi connectivity index (χ2v) is 4.39. The zero-order chi connectivity index (χ0) is 11.5. The van der Waals surface area contributed by atoms with Gasteiger partial charge >= 0.3 is 0 Å². The third-order valence-electron chi connectivity index (χ3n) is 2.66. The molecule has 1 aromatic heterocycles. The van der Waals surface area contributed by atoms with Gasteiger partial charge in [0.2, 0.25) is 0 Å². The quantitative estimate of drug-likeness (QED) is 0.801. The van der Waals surface area contributed by atoms with E-state index in [1.165, 1.54) is 0 Å². The molecular formula is C13H15ClN2. The van der Waals surface area contributed by atoms with Crippen molar-refractivity contribution in [3.05, 3.63) is 41.6 Å². The molecule has 1 N–H and O–H groups in total. The van der Waals surface area contributed by atoms with Gasteiger partial charge in [-0.3, -0.25) is 5.10 Å². The molecular weight excluding hydrogens is 220 g/mol. The standard InChI is InChI=1S/C13H15ClN2/c1-9(2)12-11(8-14)13(16-15-12)10-6-4-3-5-7-10/h3-7,9H,8H2,1-2H3,(H,15,16). The molecule has 0 spiro atoms. The van der Waals surface area contributed by atoms with Gasteiger partial charge in [0, 0.05) is 16.8 Å². The molecule has 0 aliphatic rings. The van der Waals surface area contributed by atoms with Crippen molar-refractivity contribution in [1.82, 2.24) is 10.2 Å². The maximum atomic E-state index is 6.01. The van der Waals surface area contributed by atoms with Crippen LogP contribution in [0.4, 0.5) is 0 Å². The Morgan fingerprint density at radius 3 is 2.50 bits per heavy atom. The highest BCUT2D eigenvalue weighted by Crippen LogP contribution is 2.28. The molecule has 2 aromatic rings. The van der Waals surface area contributed by atoms with E-state index in [2.05, 4.69) is 36.2 Å². The van der Waals surface area contributed by atoms with Gasteiger partial charge in [-0.2, -0.15) is 5.10 Å². The smallest absolute Gasteiger partial charge is 0.0967 e. The molecule has 0 aliphatic carbocycles. The first-order chi connectivity index (χ1) is 7.74. The Hall–Kier alpha value is -1.28. The largest absolute Gasteiger partial charge is 0.281 e. The van der Waals surface area contributed by atoms with Crippen LogP contribution in [0.25, 0.3) is 11.3 Å². The second-order valence-electron chi connectivity index (χ2n) is 4.12. The van der Waals surface area contributed by atoms with Crippen LogP contribution in [-0.4, -0.2) is 10.2 Å². The summed E-state index contributed by atoms with van der Waals surface area (Å²) >= 11 is 6.01. The summed E-state index contributed by atoms with van der Waals surface area (Å²) in [6, 6.07) is 10.1. The molecule has 0 saturated heterocycles. The van der Waals surface area contributed by atoms with Gasteiger partial charge in [0.1, 0.15) is 0 Å². The van der Waals surface area contributed by atoms with E-state index in [9.17, 15) is 0 Å². The van der Waals surface area contributed by atoms with Crippen molar-refractivity contribution in [2.24, 2.45) is 0 Å². The molecule has 0 radical (unpaired) electrons. The molecule has 84 valence electrons. The summed E-state index contributed by atoms with van der Waals surface area (Å²) in [6.45, 7) is 4.27. The predicted octanol–water partition coefficient (Wildman–Crippen LogP) is 3.94. The number of hydrogen-bond acceptors (Lipinski definition) is 1. The van der Waals surface area contributed by atoms with Crippen LogP contribution in [0.1, 0.15) is 31.0 Å². The summed E-state index contributed by atoms with van der Waals surface area (Å²) in [4.78, 5) is 0. The minimum absolute atomic E-state index is 0.415. The summed E-state index contributed by atoms with van der Waals surface area (Å²) in [6.07, 6.45) is 0. The fourth-order valence-corrected chi connectivity index (χ4v) is 2.10. The van der Waals surface area contributed by atoms with E-state index in [1.807, 2.05) is 18.2 Å². The number of hydrogen-bond donors (Lipinski definition) is 1. The molecule has 0 bridgehead atoms. The molecule has 16 heavy (non-hydrogen) atoms. The maximum Gasteiger partial charge on any atom is 0.0967 e. The molecule has 2 nitrogen and oxygen atoms in total. The van der Waals surface area contributed by atoms with Gasteiger partial charge in [-0.05, 0) is 5.92 Å². The van der Waals surface area contributed by atoms with E-state index >= 15 is 0 Å². The number of H-pyrrole nitrogens is 1. The van der Waals surface area contributed by atoms with E-state index in [0.717, 1.165) is 22.5 Å². The van der Waals surface area contributed by atoms with E-state index in [4.69, 9.17) is 11.6 Å². The first-order valence-corrected chi connectivity index (χ1v) is 5.96. The van der Waals surface area contributed by atoms with Crippen LogP contribution >= 0.6 is 11.6 Å². The van der Waals surface area contributed by atoms with E-state index in [1.54, 1.807) is 0 Å². The fourth-order valence-electron chi connectivity index (χ4n) is 1.83. The Kier molecular flexibility index (Phi) is 3.30. The Bertz CT molecular complexity index is 460. The molecule has 0 aliphatic heterocycles. The lowest BCUT2D eigenvalue weighted by Crippen LogP contribution is -1.92. The number of aromatic nitrogens is 2. The minimum atomic E-state index is 0.415. The van der Waals surface area contributed by atoms with Gasteiger partial charge in [-0.1, -0.05) is 44.2 Å². The van der Waals surface area contributed by atoms with Gasteiger partial charge in [0.15, 0.2) is 0 Å². The van der Waals surface area contributed by atoms with Crippen molar-refractivity contribution in [2.45, 2.75) is 25.6 Å². The number of aromatic amines is 1. The molecule has 0 atom stereocenters. The van der Waals surface area contributed by atoms with Crippen LogP contribution in [0, 0.1) is 0 Å². The fraction of sp³-hybridized carbons (Fsp3) is 0.308. The van der Waals surface area contributed by atoms with Crippen LogP contribution in [-0.2, 0) is 5.88 Å². The highest BCUT2D eigenvalue weighted by molar-refractivity contribution is 6.17. The van der Waals surface area contributed by atoms with Crippen LogP contribution in [0.3, 0.4) is 0 Å². The van der Waals surface area contributed by atoms with Gasteiger partial charge < -0.3 is 0 Å². The molecule has 2 rings (SSSR count). The van der Waals surface area contributed by atoms with Crippen LogP contribution in [0.15, 0.2) is 30.3 Å². The zero-order valence-corrected chi connectivity index (χ0v) is 10.3. The average molecular weight is 235 g/mol. The van der Waals surface area contributed by atoms with Crippen molar-refractivity contribution in [3.63, 3.8) is 0 Å². The van der Waals surface area contributed by atoms with Crippen molar-refractivity contribution in [3.8, 4) is 11.3 Å². The van der Waals surface area contributed by atoms with Crippen molar-refractivity contribution < 1.29 is 0 Å². The number of nitrogens with one attached hydrogen (secondary N) is 1. The summed E-state index contributed by atoms with van der Waals surface area (Å²) in [5.74, 6) is 0.910. The Morgan fingerprint density at radius 1 is 1.25 bits per heavy atom. The highest BCUT2D eigenvalue weighted by atomic mass is 35.5. The first-order valence-electron chi connectivity index (χ1n) is 5.42. The third-order valence-corrected chi connectivity index (χ3v) is 2.92. The molecule has 1 aromatic carbocycles. The summed E-state index contributed by atoms with van der Waals surface area (Å²) in [5, 5.41) is 7.46. The van der Waals surface area contributed by atoms with Gasteiger partial charge in [-0.25, -0.2) is 0 Å². The minimum Gasteiger partial charge on any atom is -0.281 e. The second kappa shape index (κ2) is 4.71. The lowest BCUT2D eigenvalue weighted by Gasteiger charge is -2.05. The van der Waals surface area contributed by atoms with Crippen LogP contribution < -0.4 is 0 Å². The van der Waals surface area contributed by atoms with E-state index in [-0.39, 0.29) is 0 Å². The Morgan fingerprint density at radius 2 is 1.94 bits per heavy atom. The van der Waals surface area contributed by atoms with Crippen LogP contribution in [0.5, 0.6) is 0 Å². The van der Waals surface area contributed by atoms with Crippen molar-refractivity contribution in [1.29, 1.82) is 0 Å². The molecule has 1 heterocycles. The lowest BCUT2D eigenvalue weighted by molar-refractivity contribution is 0.803. The number of nitrogens with zero attached hydrogens (tertiary/aromatic N) is 1. The van der Waals surface area contributed by atoms with E-state index in [0.29, 0.717) is 11.8 Å². The summed E-state index contributed by atoms with van der Waals surface area (Å²) < 4.78 is 0. The first kappa shape index (κ1) is 11.2. The number of halogens is 1. The summed E-state index contributed by atoms with van der Waals surface area (Å²) in [5.41, 5.74) is 4.33. The number of alkyl halides is 1. The van der Waals surface area contributed by atoms with E-state index < -0.39 is 0 Å². The topological polar surface area (TPSA) is 28.7 Å². The lowest BCUT2D eigenvalue weighted by atomic mass is 10.0. The third kappa shape index (κ3) is 1.98. The highest BCUT2D eigenvalue weighted by Gasteiger charge is 2.15. The van der Waals surface area contributed by atoms with Crippen molar-refractivity contribution >= 4 is 11.6 Å². The molecule has 0 unspecified atom stereocenters. The number of benzene rings is 1. The molecule has 0 fully saturated rings.